The van der Waals surface area contributed by atoms with Gasteiger partial charge in [0.2, 0.25) is 6.79 Å². The Morgan fingerprint density at radius 1 is 1.00 bits per heavy atom. The van der Waals surface area contributed by atoms with E-state index in [4.69, 9.17) is 9.47 Å². The van der Waals surface area contributed by atoms with Crippen LogP contribution in [0.15, 0.2) is 54.6 Å². The Kier molecular flexibility index (Phi) is 4.99. The van der Waals surface area contributed by atoms with E-state index in [1.54, 1.807) is 30.3 Å². The molecular weight excluding hydrogens is 376 g/mol. The maximum Gasteiger partial charge on any atom is 0.265 e. The summed E-state index contributed by atoms with van der Waals surface area (Å²) < 4.78 is 10.6. The largest absolute Gasteiger partial charge is 0.454 e. The molecular formula is C21H18N2O4S. The van der Waals surface area contributed by atoms with E-state index in [-0.39, 0.29) is 18.6 Å². The van der Waals surface area contributed by atoms with Crippen molar-refractivity contribution < 1.29 is 19.1 Å². The first-order valence-corrected chi connectivity index (χ1v) is 9.55. The topological polar surface area (TPSA) is 76.7 Å². The van der Waals surface area contributed by atoms with Gasteiger partial charge in [-0.2, -0.15) is 0 Å². The van der Waals surface area contributed by atoms with Gasteiger partial charge in [0.05, 0.1) is 16.1 Å². The highest BCUT2D eigenvalue weighted by atomic mass is 32.1. The van der Waals surface area contributed by atoms with Crippen LogP contribution in [-0.2, 0) is 6.54 Å². The minimum atomic E-state index is -0.268. The molecule has 0 atom stereocenters. The molecule has 0 saturated heterocycles. The lowest BCUT2D eigenvalue weighted by Crippen LogP contribution is -2.24. The number of aryl methyl sites for hydroxylation is 1. The average Bonchev–Trinajstić information content (AvgIpc) is 3.35. The minimum Gasteiger partial charge on any atom is -0.454 e. The van der Waals surface area contributed by atoms with Crippen molar-refractivity contribution in [2.24, 2.45) is 0 Å². The summed E-state index contributed by atoms with van der Waals surface area (Å²) in [5, 5.41) is 5.71. The van der Waals surface area contributed by atoms with Gasteiger partial charge in [0, 0.05) is 11.4 Å². The highest BCUT2D eigenvalue weighted by Gasteiger charge is 2.16. The Bertz CT molecular complexity index is 1040. The normalized spacial score (nSPS) is 11.9. The molecule has 0 spiro atoms. The number of carbonyl (C=O) groups excluding carboxylic acids is 2. The fraction of sp³-hybridized carbons (Fsp3) is 0.143. The molecule has 0 saturated carbocycles. The molecule has 1 aliphatic rings. The molecule has 2 aromatic carbocycles. The van der Waals surface area contributed by atoms with Crippen LogP contribution in [0.5, 0.6) is 11.5 Å². The number of carbonyl (C=O) groups is 2. The van der Waals surface area contributed by atoms with Crippen molar-refractivity contribution in [2.75, 3.05) is 12.1 Å². The molecule has 0 fully saturated rings. The number of fused-ring (bicyclic) bond motifs is 1. The van der Waals surface area contributed by atoms with Crippen LogP contribution < -0.4 is 20.1 Å². The molecule has 3 aromatic rings. The zero-order valence-electron chi connectivity index (χ0n) is 15.2. The maximum absolute atomic E-state index is 12.7. The summed E-state index contributed by atoms with van der Waals surface area (Å²) in [4.78, 5) is 26.8. The monoisotopic (exact) mass is 394 g/mol. The fourth-order valence-corrected chi connectivity index (χ4v) is 3.62. The van der Waals surface area contributed by atoms with Gasteiger partial charge in [-0.15, -0.1) is 11.3 Å². The summed E-state index contributed by atoms with van der Waals surface area (Å²) >= 11 is 1.41. The Labute approximate surface area is 166 Å². The number of anilines is 1. The Hall–Kier alpha value is -3.32. The smallest absolute Gasteiger partial charge is 0.265 e. The minimum absolute atomic E-state index is 0.210. The van der Waals surface area contributed by atoms with Crippen molar-refractivity contribution in [3.05, 3.63) is 75.5 Å². The molecule has 2 amide bonds. The Balaban J connectivity index is 1.45. The summed E-state index contributed by atoms with van der Waals surface area (Å²) in [5.74, 6) is 0.877. The first-order valence-electron chi connectivity index (χ1n) is 8.74. The van der Waals surface area contributed by atoms with E-state index in [9.17, 15) is 9.59 Å². The van der Waals surface area contributed by atoms with Gasteiger partial charge in [-0.1, -0.05) is 18.2 Å². The van der Waals surface area contributed by atoms with Crippen LogP contribution in [0.2, 0.25) is 0 Å². The predicted octanol–water partition coefficient (Wildman–Crippen LogP) is 3.97. The van der Waals surface area contributed by atoms with E-state index in [1.807, 2.05) is 31.2 Å². The summed E-state index contributed by atoms with van der Waals surface area (Å²) in [5.41, 5.74) is 1.78. The highest BCUT2D eigenvalue weighted by molar-refractivity contribution is 7.14. The molecule has 28 heavy (non-hydrogen) atoms. The van der Waals surface area contributed by atoms with Gasteiger partial charge in [0.1, 0.15) is 0 Å². The van der Waals surface area contributed by atoms with Crippen LogP contribution in [0.4, 0.5) is 5.69 Å². The van der Waals surface area contributed by atoms with Crippen molar-refractivity contribution >= 4 is 28.8 Å². The van der Waals surface area contributed by atoms with E-state index >= 15 is 0 Å². The SMILES string of the molecule is Cc1ccc(C(=O)Nc2ccccc2C(=O)NCc2ccc3c(c2)OCO3)s1. The molecule has 7 heteroatoms. The van der Waals surface area contributed by atoms with E-state index in [0.29, 0.717) is 34.2 Å². The lowest BCUT2D eigenvalue weighted by molar-refractivity contribution is 0.0951. The summed E-state index contributed by atoms with van der Waals surface area (Å²) in [6.45, 7) is 2.49. The number of para-hydroxylation sites is 1. The van der Waals surface area contributed by atoms with Crippen LogP contribution >= 0.6 is 11.3 Å². The van der Waals surface area contributed by atoms with Crippen molar-refractivity contribution in [3.8, 4) is 11.5 Å². The second kappa shape index (κ2) is 7.74. The zero-order valence-corrected chi connectivity index (χ0v) is 16.0. The maximum atomic E-state index is 12.7. The molecule has 2 heterocycles. The number of hydrogen-bond donors (Lipinski definition) is 2. The molecule has 2 N–H and O–H groups in total. The van der Waals surface area contributed by atoms with Gasteiger partial charge in [0.15, 0.2) is 11.5 Å². The van der Waals surface area contributed by atoms with Crippen molar-refractivity contribution in [1.82, 2.24) is 5.32 Å². The van der Waals surface area contributed by atoms with Gasteiger partial charge in [0.25, 0.3) is 11.8 Å². The molecule has 142 valence electrons. The van der Waals surface area contributed by atoms with Gasteiger partial charge < -0.3 is 20.1 Å². The first kappa shape index (κ1) is 18.1. The van der Waals surface area contributed by atoms with Gasteiger partial charge in [-0.3, -0.25) is 9.59 Å². The number of amides is 2. The number of benzene rings is 2. The second-order valence-electron chi connectivity index (χ2n) is 6.28. The van der Waals surface area contributed by atoms with Crippen LogP contribution in [0, 0.1) is 6.92 Å². The fourth-order valence-electron chi connectivity index (χ4n) is 2.86. The summed E-state index contributed by atoms with van der Waals surface area (Å²) in [6.07, 6.45) is 0. The van der Waals surface area contributed by atoms with Crippen molar-refractivity contribution in [3.63, 3.8) is 0 Å². The van der Waals surface area contributed by atoms with Crippen molar-refractivity contribution in [1.29, 1.82) is 0 Å². The molecule has 0 aliphatic carbocycles. The van der Waals surface area contributed by atoms with Crippen LogP contribution in [0.1, 0.15) is 30.5 Å². The first-order chi connectivity index (χ1) is 13.6. The quantitative estimate of drug-likeness (QED) is 0.687. The average molecular weight is 394 g/mol. The number of thiophene rings is 1. The highest BCUT2D eigenvalue weighted by Crippen LogP contribution is 2.32. The molecule has 0 unspecified atom stereocenters. The Morgan fingerprint density at radius 3 is 2.64 bits per heavy atom. The third kappa shape index (κ3) is 3.84. The van der Waals surface area contributed by atoms with Gasteiger partial charge in [-0.05, 0) is 48.9 Å². The molecule has 1 aliphatic heterocycles. The van der Waals surface area contributed by atoms with E-state index in [1.165, 1.54) is 11.3 Å². The molecule has 4 rings (SSSR count). The summed E-state index contributed by atoms with van der Waals surface area (Å²) in [6, 6.07) is 16.2. The van der Waals surface area contributed by atoms with E-state index < -0.39 is 0 Å². The van der Waals surface area contributed by atoms with E-state index in [2.05, 4.69) is 10.6 Å². The van der Waals surface area contributed by atoms with E-state index in [0.717, 1.165) is 10.4 Å². The Morgan fingerprint density at radius 2 is 1.82 bits per heavy atom. The third-order valence-corrected chi connectivity index (χ3v) is 5.27. The summed E-state index contributed by atoms with van der Waals surface area (Å²) in [7, 11) is 0. The number of hydrogen-bond acceptors (Lipinski definition) is 5. The van der Waals surface area contributed by atoms with Crippen LogP contribution in [0.3, 0.4) is 0 Å². The zero-order chi connectivity index (χ0) is 19.5. The lowest BCUT2D eigenvalue weighted by atomic mass is 10.1. The second-order valence-corrected chi connectivity index (χ2v) is 7.57. The molecule has 0 bridgehead atoms. The number of ether oxygens (including phenoxy) is 2. The third-order valence-electron chi connectivity index (χ3n) is 4.27. The molecule has 0 radical (unpaired) electrons. The number of nitrogens with one attached hydrogen (secondary N) is 2. The van der Waals surface area contributed by atoms with Gasteiger partial charge >= 0.3 is 0 Å². The van der Waals surface area contributed by atoms with Crippen molar-refractivity contribution in [2.45, 2.75) is 13.5 Å². The van der Waals surface area contributed by atoms with Crippen LogP contribution in [0.25, 0.3) is 0 Å². The van der Waals surface area contributed by atoms with Gasteiger partial charge in [-0.25, -0.2) is 0 Å². The van der Waals surface area contributed by atoms with Crippen LogP contribution in [-0.4, -0.2) is 18.6 Å². The standard InChI is InChI=1S/C21H18N2O4S/c1-13-6-9-19(28-13)21(25)23-16-5-3-2-4-15(16)20(24)22-11-14-7-8-17-18(10-14)27-12-26-17/h2-10H,11-12H2,1H3,(H,22,24)(H,23,25). The lowest BCUT2D eigenvalue weighted by Gasteiger charge is -2.11. The molecule has 6 nitrogen and oxygen atoms in total. The number of rotatable bonds is 5. The predicted molar refractivity (Wildman–Crippen MR) is 107 cm³/mol. The molecule has 1 aromatic heterocycles.